The molecule has 0 aromatic heterocycles. The summed E-state index contributed by atoms with van der Waals surface area (Å²) in [5, 5.41) is 3.93. The minimum atomic E-state index is -0.713. The van der Waals surface area contributed by atoms with E-state index in [1.54, 1.807) is 0 Å². The van der Waals surface area contributed by atoms with Gasteiger partial charge in [0.2, 0.25) is 5.91 Å². The molecule has 2 fully saturated rings. The number of carbonyl (C=O) groups excluding carboxylic acids is 3. The molecule has 0 saturated carbocycles. The predicted octanol–water partition coefficient (Wildman–Crippen LogP) is 0.633. The fourth-order valence-electron chi connectivity index (χ4n) is 3.73. The topological polar surface area (TPSA) is 85.0 Å². The molecule has 2 heterocycles. The van der Waals surface area contributed by atoms with Gasteiger partial charge in [-0.15, -0.1) is 0 Å². The number of rotatable bonds is 6. The van der Waals surface area contributed by atoms with Gasteiger partial charge < -0.3 is 10.2 Å². The first-order valence-electron chi connectivity index (χ1n) is 10.1. The molecule has 1 atom stereocenters. The van der Waals surface area contributed by atoms with Crippen molar-refractivity contribution >= 4 is 23.4 Å². The zero-order chi connectivity index (χ0) is 21.1. The van der Waals surface area contributed by atoms with Gasteiger partial charge in [-0.1, -0.05) is 48.0 Å². The number of hydrogen-bond acceptors (Lipinski definition) is 5. The Hall–Kier alpha value is -3.39. The second kappa shape index (κ2) is 8.54. The lowest BCUT2D eigenvalue weighted by atomic mass is 10.1. The van der Waals surface area contributed by atoms with E-state index in [4.69, 9.17) is 0 Å². The third-order valence-electron chi connectivity index (χ3n) is 5.38. The van der Waals surface area contributed by atoms with Crippen LogP contribution in [0.1, 0.15) is 11.1 Å². The van der Waals surface area contributed by atoms with E-state index < -0.39 is 18.1 Å². The Labute approximate surface area is 175 Å². The molecule has 156 valence electrons. The molecule has 2 saturated heterocycles. The van der Waals surface area contributed by atoms with Crippen LogP contribution >= 0.6 is 0 Å². The Morgan fingerprint density at radius 1 is 1.00 bits per heavy atom. The molecule has 0 aliphatic carbocycles. The molecule has 0 bridgehead atoms. The largest absolute Gasteiger partial charge is 0.354 e. The highest BCUT2D eigenvalue weighted by atomic mass is 16.2. The zero-order valence-corrected chi connectivity index (χ0v) is 16.9. The van der Waals surface area contributed by atoms with E-state index >= 15 is 0 Å². The molecular formula is C22H25N5O3. The summed E-state index contributed by atoms with van der Waals surface area (Å²) in [6.45, 7) is 3.32. The minimum absolute atomic E-state index is 0.217. The molecule has 4 rings (SSSR count). The lowest BCUT2D eigenvalue weighted by Gasteiger charge is -2.40. The van der Waals surface area contributed by atoms with Crippen molar-refractivity contribution in [2.45, 2.75) is 19.6 Å². The van der Waals surface area contributed by atoms with Crippen molar-refractivity contribution in [1.29, 1.82) is 0 Å². The standard InChI is InChI=1S/C22H25N5O3/c1-16-7-9-18(10-8-16)25-13-14-26-20(29)21(30)27(24-22(25)26)15-19(28)23-12-11-17-5-3-2-4-6-17/h2-10,22,24H,11-15H2,1H3,(H,23,28). The second-order valence-corrected chi connectivity index (χ2v) is 7.51. The third-order valence-corrected chi connectivity index (χ3v) is 5.38. The van der Waals surface area contributed by atoms with E-state index in [1.165, 1.54) is 4.90 Å². The molecular weight excluding hydrogens is 382 g/mol. The predicted molar refractivity (Wildman–Crippen MR) is 112 cm³/mol. The van der Waals surface area contributed by atoms with Gasteiger partial charge in [-0.2, -0.15) is 5.43 Å². The fraction of sp³-hybridized carbons (Fsp3) is 0.318. The first kappa shape index (κ1) is 19.9. The van der Waals surface area contributed by atoms with Crippen LogP contribution in [-0.4, -0.2) is 60.1 Å². The van der Waals surface area contributed by atoms with Gasteiger partial charge in [-0.25, -0.2) is 0 Å². The summed E-state index contributed by atoms with van der Waals surface area (Å²) in [5.74, 6) is -1.62. The normalized spacial score (nSPS) is 18.6. The van der Waals surface area contributed by atoms with Crippen LogP contribution in [0.25, 0.3) is 0 Å². The van der Waals surface area contributed by atoms with Crippen LogP contribution in [0, 0.1) is 6.92 Å². The summed E-state index contributed by atoms with van der Waals surface area (Å²) >= 11 is 0. The highest BCUT2D eigenvalue weighted by Gasteiger charge is 2.45. The van der Waals surface area contributed by atoms with E-state index in [1.807, 2.05) is 66.4 Å². The number of carbonyl (C=O) groups is 3. The van der Waals surface area contributed by atoms with Crippen LogP contribution in [0.5, 0.6) is 0 Å². The van der Waals surface area contributed by atoms with E-state index in [2.05, 4.69) is 10.7 Å². The van der Waals surface area contributed by atoms with Gasteiger partial charge in [0, 0.05) is 25.3 Å². The molecule has 2 aliphatic rings. The van der Waals surface area contributed by atoms with Crippen LogP contribution in [0.3, 0.4) is 0 Å². The van der Waals surface area contributed by atoms with Crippen LogP contribution in [0.15, 0.2) is 54.6 Å². The van der Waals surface area contributed by atoms with E-state index in [0.29, 0.717) is 26.1 Å². The molecule has 1 unspecified atom stereocenters. The number of fused-ring (bicyclic) bond motifs is 1. The van der Waals surface area contributed by atoms with Crippen LogP contribution in [-0.2, 0) is 20.8 Å². The molecule has 2 aliphatic heterocycles. The summed E-state index contributed by atoms with van der Waals surface area (Å²) in [5.41, 5.74) is 6.27. The van der Waals surface area contributed by atoms with Crippen molar-refractivity contribution in [3.63, 3.8) is 0 Å². The molecule has 2 N–H and O–H groups in total. The van der Waals surface area contributed by atoms with Gasteiger partial charge >= 0.3 is 11.8 Å². The number of hydrogen-bond donors (Lipinski definition) is 2. The first-order chi connectivity index (χ1) is 14.5. The number of amides is 3. The van der Waals surface area contributed by atoms with E-state index in [-0.39, 0.29) is 12.5 Å². The molecule has 0 spiro atoms. The number of anilines is 1. The van der Waals surface area contributed by atoms with Crippen molar-refractivity contribution in [2.24, 2.45) is 0 Å². The van der Waals surface area contributed by atoms with Crippen molar-refractivity contribution in [1.82, 2.24) is 20.7 Å². The van der Waals surface area contributed by atoms with Crippen LogP contribution in [0.2, 0.25) is 0 Å². The highest BCUT2D eigenvalue weighted by molar-refractivity contribution is 6.35. The van der Waals surface area contributed by atoms with Gasteiger partial charge in [-0.3, -0.25) is 24.3 Å². The van der Waals surface area contributed by atoms with Crippen molar-refractivity contribution in [3.8, 4) is 0 Å². The summed E-state index contributed by atoms with van der Waals surface area (Å²) in [4.78, 5) is 40.9. The lowest BCUT2D eigenvalue weighted by molar-refractivity contribution is -0.163. The van der Waals surface area contributed by atoms with Gasteiger partial charge in [0.15, 0.2) is 6.29 Å². The highest BCUT2D eigenvalue weighted by Crippen LogP contribution is 2.25. The van der Waals surface area contributed by atoms with E-state index in [0.717, 1.165) is 21.8 Å². The van der Waals surface area contributed by atoms with Crippen molar-refractivity contribution < 1.29 is 14.4 Å². The average molecular weight is 407 g/mol. The third kappa shape index (κ3) is 4.13. The molecule has 30 heavy (non-hydrogen) atoms. The summed E-state index contributed by atoms with van der Waals surface area (Å²) < 4.78 is 0. The number of hydrazine groups is 1. The van der Waals surface area contributed by atoms with Gasteiger partial charge in [-0.05, 0) is 31.0 Å². The van der Waals surface area contributed by atoms with Crippen LogP contribution in [0.4, 0.5) is 5.69 Å². The number of benzene rings is 2. The number of nitrogens with zero attached hydrogens (tertiary/aromatic N) is 3. The quantitative estimate of drug-likeness (QED) is 0.687. The van der Waals surface area contributed by atoms with Crippen molar-refractivity contribution in [2.75, 3.05) is 31.1 Å². The fourth-order valence-corrected chi connectivity index (χ4v) is 3.73. The Bertz CT molecular complexity index is 932. The lowest BCUT2D eigenvalue weighted by Crippen LogP contribution is -2.68. The second-order valence-electron chi connectivity index (χ2n) is 7.51. The van der Waals surface area contributed by atoms with E-state index in [9.17, 15) is 14.4 Å². The van der Waals surface area contributed by atoms with Crippen molar-refractivity contribution in [3.05, 3.63) is 65.7 Å². The molecule has 0 radical (unpaired) electrons. The SMILES string of the molecule is Cc1ccc(N2CCN3C(=O)C(=O)N(CC(=O)NCCc4ccccc4)NC32)cc1. The average Bonchev–Trinajstić information content (AvgIpc) is 3.17. The first-order valence-corrected chi connectivity index (χ1v) is 10.1. The Morgan fingerprint density at radius 2 is 1.70 bits per heavy atom. The van der Waals surface area contributed by atoms with Gasteiger partial charge in [0.05, 0.1) is 0 Å². The number of aryl methyl sites for hydroxylation is 1. The smallest absolute Gasteiger partial charge is 0.326 e. The summed E-state index contributed by atoms with van der Waals surface area (Å²) in [7, 11) is 0. The van der Waals surface area contributed by atoms with Gasteiger partial charge in [0.1, 0.15) is 6.54 Å². The molecule has 8 heteroatoms. The number of nitrogens with one attached hydrogen (secondary N) is 2. The monoisotopic (exact) mass is 407 g/mol. The zero-order valence-electron chi connectivity index (χ0n) is 16.9. The molecule has 2 aromatic carbocycles. The van der Waals surface area contributed by atoms with Crippen LogP contribution < -0.4 is 15.6 Å². The summed E-state index contributed by atoms with van der Waals surface area (Å²) in [6.07, 6.45) is 0.208. The summed E-state index contributed by atoms with van der Waals surface area (Å²) in [6, 6.07) is 17.8. The molecule has 3 amide bonds. The van der Waals surface area contributed by atoms with Gasteiger partial charge in [0.25, 0.3) is 0 Å². The Kier molecular flexibility index (Phi) is 5.67. The maximum atomic E-state index is 12.6. The minimum Gasteiger partial charge on any atom is -0.354 e. The Morgan fingerprint density at radius 3 is 2.43 bits per heavy atom. The maximum Gasteiger partial charge on any atom is 0.326 e. The molecule has 2 aromatic rings. The Balaban J connectivity index is 1.37. The maximum absolute atomic E-state index is 12.6. The molecule has 8 nitrogen and oxygen atoms in total.